The number of hydrogen-bond acceptors (Lipinski definition) is 8. The highest BCUT2D eigenvalue weighted by Crippen LogP contribution is 2.42. The number of carbonyl (C=O) groups is 2. The summed E-state index contributed by atoms with van der Waals surface area (Å²) in [4.78, 5) is 28.6. The molecule has 2 heterocycles. The third-order valence-corrected chi connectivity index (χ3v) is 8.95. The Balaban J connectivity index is 1.97. The first-order valence-electron chi connectivity index (χ1n) is 11.9. The summed E-state index contributed by atoms with van der Waals surface area (Å²) in [6.07, 6.45) is -4.87. The molecule has 0 bridgehead atoms. The molecule has 3 atom stereocenters. The van der Waals surface area contributed by atoms with Gasteiger partial charge in [0.25, 0.3) is 0 Å². The van der Waals surface area contributed by atoms with E-state index in [1.807, 2.05) is 12.1 Å². The largest absolute Gasteiger partial charge is 0.416 e. The predicted molar refractivity (Wildman–Crippen MR) is 142 cm³/mol. The second kappa shape index (κ2) is 11.1. The van der Waals surface area contributed by atoms with Crippen LogP contribution in [0.2, 0.25) is 0 Å². The molecule has 2 N–H and O–H groups in total. The third-order valence-electron chi connectivity index (χ3n) is 6.62. The van der Waals surface area contributed by atoms with Crippen molar-refractivity contribution < 1.29 is 36.3 Å². The number of nitrogens with zero attached hydrogens (tertiary/aromatic N) is 4. The van der Waals surface area contributed by atoms with Gasteiger partial charge in [-0.2, -0.15) is 35.5 Å². The molecule has 2 aromatic carbocycles. The van der Waals surface area contributed by atoms with E-state index in [0.717, 1.165) is 29.4 Å². The number of rotatable bonds is 4. The molecule has 0 aromatic heterocycles. The van der Waals surface area contributed by atoms with E-state index in [4.69, 9.17) is 0 Å². The topological polar surface area (TPSA) is 155 Å². The van der Waals surface area contributed by atoms with E-state index >= 15 is 0 Å². The molecule has 214 valence electrons. The second-order valence-corrected chi connectivity index (χ2v) is 12.4. The van der Waals surface area contributed by atoms with Crippen LogP contribution < -0.4 is 10.2 Å². The molecule has 0 radical (unpaired) electrons. The smallest absolute Gasteiger partial charge is 0.390 e. The minimum absolute atomic E-state index is 0.0387. The highest BCUT2D eigenvalue weighted by molar-refractivity contribution is 7.99. The van der Waals surface area contributed by atoms with Gasteiger partial charge in [-0.15, -0.1) is 0 Å². The normalized spacial score (nSPS) is 21.5. The fraction of sp³-hybridized carbons (Fsp3) is 0.308. The van der Waals surface area contributed by atoms with Crippen LogP contribution >= 0.6 is 11.8 Å². The van der Waals surface area contributed by atoms with Crippen molar-refractivity contribution in [1.29, 1.82) is 10.5 Å². The lowest BCUT2D eigenvalue weighted by Crippen LogP contribution is -2.57. The van der Waals surface area contributed by atoms with Crippen LogP contribution in [0.4, 0.5) is 28.4 Å². The summed E-state index contributed by atoms with van der Waals surface area (Å²) < 4.78 is 66.0. The van der Waals surface area contributed by atoms with E-state index in [1.165, 1.54) is 36.9 Å². The summed E-state index contributed by atoms with van der Waals surface area (Å²) in [6, 6.07) is 6.27. The molecular weight excluding hydrogens is 583 g/mol. The van der Waals surface area contributed by atoms with E-state index in [9.17, 15) is 46.8 Å². The molecule has 1 fully saturated rings. The first kappa shape index (κ1) is 29.9. The minimum Gasteiger partial charge on any atom is -0.390 e. The van der Waals surface area contributed by atoms with Gasteiger partial charge >= 0.3 is 18.2 Å². The van der Waals surface area contributed by atoms with Crippen molar-refractivity contribution in [1.82, 2.24) is 10.2 Å². The van der Waals surface area contributed by atoms with Crippen molar-refractivity contribution >= 4 is 39.3 Å². The zero-order chi connectivity index (χ0) is 30.3. The summed E-state index contributed by atoms with van der Waals surface area (Å²) in [5.74, 6) is 0.595. The summed E-state index contributed by atoms with van der Waals surface area (Å²) in [6.45, 7) is 1.29. The Morgan fingerprint density at radius 3 is 2.41 bits per heavy atom. The van der Waals surface area contributed by atoms with Crippen LogP contribution in [0.25, 0.3) is 0 Å². The zero-order valence-electron chi connectivity index (χ0n) is 21.5. The summed E-state index contributed by atoms with van der Waals surface area (Å²) in [7, 11) is -4.08. The minimum atomic E-state index is -4.76. The first-order valence-corrected chi connectivity index (χ1v) is 15.0. The Morgan fingerprint density at radius 1 is 1.15 bits per heavy atom. The molecule has 0 saturated carbocycles. The number of hydrogen-bond donors (Lipinski definition) is 2. The molecule has 10 nitrogen and oxygen atoms in total. The number of benzene rings is 2. The van der Waals surface area contributed by atoms with E-state index in [-0.39, 0.29) is 28.1 Å². The van der Waals surface area contributed by atoms with Crippen LogP contribution in [0.1, 0.15) is 29.7 Å². The number of sulfone groups is 1. The number of amides is 4. The first-order chi connectivity index (χ1) is 19.2. The summed E-state index contributed by atoms with van der Waals surface area (Å²) >= 11 is 1.34. The van der Waals surface area contributed by atoms with Gasteiger partial charge in [-0.05, 0) is 42.8 Å². The van der Waals surface area contributed by atoms with Gasteiger partial charge < -0.3 is 10.4 Å². The van der Waals surface area contributed by atoms with Gasteiger partial charge in [0.05, 0.1) is 51.6 Å². The molecule has 1 saturated heterocycles. The fourth-order valence-corrected chi connectivity index (χ4v) is 6.75. The highest BCUT2D eigenvalue weighted by atomic mass is 32.2. The second-order valence-electron chi connectivity index (χ2n) is 9.35. The number of alkyl halides is 3. The van der Waals surface area contributed by atoms with Gasteiger partial charge in [0.1, 0.15) is 6.04 Å². The fourth-order valence-electron chi connectivity index (χ4n) is 4.64. The maximum absolute atomic E-state index is 14.0. The standard InChI is InChI=1S/C26H22F3N5O5S2/c1-14-19(11-31)23(18-7-6-15(10-30)8-22(18)41(2,38)39)34(24(36)32-20-12-40-13-21(20)35)25(37)33(14)17-5-3-4-16(9-17)26(27,28)29/h3-9,20-21,23,35H,12-13H2,1-2H3,(H,32,36)/t20?,21?,23-/m1/s1. The molecule has 41 heavy (non-hydrogen) atoms. The van der Waals surface area contributed by atoms with Crippen molar-refractivity contribution in [3.8, 4) is 12.1 Å². The van der Waals surface area contributed by atoms with Crippen LogP contribution in [0, 0.1) is 22.7 Å². The lowest BCUT2D eigenvalue weighted by Gasteiger charge is -2.41. The monoisotopic (exact) mass is 605 g/mol. The van der Waals surface area contributed by atoms with Gasteiger partial charge in [-0.1, -0.05) is 12.1 Å². The van der Waals surface area contributed by atoms with Crippen molar-refractivity contribution in [2.75, 3.05) is 22.7 Å². The lowest BCUT2D eigenvalue weighted by molar-refractivity contribution is -0.137. The van der Waals surface area contributed by atoms with Gasteiger partial charge in [-0.3, -0.25) is 4.90 Å². The van der Waals surface area contributed by atoms with Crippen molar-refractivity contribution in [3.63, 3.8) is 0 Å². The number of thioether (sulfide) groups is 1. The van der Waals surface area contributed by atoms with E-state index in [1.54, 1.807) is 0 Å². The number of aliphatic hydroxyl groups excluding tert-OH is 1. The van der Waals surface area contributed by atoms with Gasteiger partial charge in [0.15, 0.2) is 9.84 Å². The number of allylic oxidation sites excluding steroid dienone is 1. The van der Waals surface area contributed by atoms with Crippen LogP contribution in [0.15, 0.2) is 58.6 Å². The number of halogens is 3. The van der Waals surface area contributed by atoms with Crippen molar-refractivity contribution in [2.24, 2.45) is 0 Å². The number of aliphatic hydroxyl groups is 1. The van der Waals surface area contributed by atoms with E-state index < -0.39 is 56.7 Å². The van der Waals surface area contributed by atoms with Crippen molar-refractivity contribution in [3.05, 3.63) is 70.4 Å². The Bertz CT molecular complexity index is 1650. The predicted octanol–water partition coefficient (Wildman–Crippen LogP) is 3.95. The molecule has 0 spiro atoms. The summed E-state index contributed by atoms with van der Waals surface area (Å²) in [5, 5.41) is 32.3. The van der Waals surface area contributed by atoms with Crippen LogP contribution in [0.3, 0.4) is 0 Å². The maximum atomic E-state index is 14.0. The molecule has 2 unspecified atom stereocenters. The Morgan fingerprint density at radius 2 is 1.85 bits per heavy atom. The SMILES string of the molecule is CC1=C(C#N)[C@@H](c2ccc(C#N)cc2S(C)(=O)=O)N(C(=O)NC2CSCC2O)C(=O)N1c1cccc(C(F)(F)F)c1. The average molecular weight is 606 g/mol. The number of imide groups is 1. The molecule has 2 aromatic rings. The molecule has 4 amide bonds. The highest BCUT2D eigenvalue weighted by Gasteiger charge is 2.46. The molecule has 4 rings (SSSR count). The van der Waals surface area contributed by atoms with Crippen LogP contribution in [0.5, 0.6) is 0 Å². The Labute approximate surface area is 237 Å². The number of carbonyl (C=O) groups excluding carboxylic acids is 2. The maximum Gasteiger partial charge on any atom is 0.416 e. The molecule has 2 aliphatic heterocycles. The van der Waals surface area contributed by atoms with Gasteiger partial charge in [-0.25, -0.2) is 22.9 Å². The molecule has 15 heteroatoms. The average Bonchev–Trinajstić information content (AvgIpc) is 3.31. The zero-order valence-corrected chi connectivity index (χ0v) is 23.1. The van der Waals surface area contributed by atoms with E-state index in [2.05, 4.69) is 5.32 Å². The Hall–Kier alpha value is -4.05. The van der Waals surface area contributed by atoms with Crippen LogP contribution in [-0.4, -0.2) is 60.4 Å². The molecule has 0 aliphatic carbocycles. The van der Waals surface area contributed by atoms with Crippen LogP contribution in [-0.2, 0) is 16.0 Å². The Kier molecular flexibility index (Phi) is 8.09. The third kappa shape index (κ3) is 5.74. The summed E-state index contributed by atoms with van der Waals surface area (Å²) in [5.41, 5.74) is -2.01. The van der Waals surface area contributed by atoms with Crippen molar-refractivity contribution in [2.45, 2.75) is 36.2 Å². The lowest BCUT2D eigenvalue weighted by atomic mass is 9.93. The number of nitriles is 2. The quantitative estimate of drug-likeness (QED) is 0.531. The number of anilines is 1. The van der Waals surface area contributed by atoms with Gasteiger partial charge in [0, 0.05) is 23.5 Å². The van der Waals surface area contributed by atoms with E-state index in [0.29, 0.717) is 22.5 Å². The molecular formula is C26H22F3N5O5S2. The van der Waals surface area contributed by atoms with Gasteiger partial charge in [0.2, 0.25) is 0 Å². The molecule has 2 aliphatic rings. The number of urea groups is 2. The number of nitrogens with one attached hydrogen (secondary N) is 1.